The lowest BCUT2D eigenvalue weighted by molar-refractivity contribution is -0.141. The summed E-state index contributed by atoms with van der Waals surface area (Å²) in [5, 5.41) is 0. The highest BCUT2D eigenvalue weighted by Gasteiger charge is 2.31. The zero-order valence-corrected chi connectivity index (χ0v) is 22.2. The summed E-state index contributed by atoms with van der Waals surface area (Å²) in [6, 6.07) is 2.36. The Bertz CT molecular complexity index is 771. The highest BCUT2D eigenvalue weighted by molar-refractivity contribution is 5.76. The van der Waals surface area contributed by atoms with Crippen molar-refractivity contribution < 1.29 is 27.8 Å². The van der Waals surface area contributed by atoms with Gasteiger partial charge in [-0.15, -0.1) is 0 Å². The number of benzene rings is 1. The lowest BCUT2D eigenvalue weighted by atomic mass is 9.80. The molecular weight excluding hydrogens is 462 g/mol. The quantitative estimate of drug-likeness (QED) is 0.162. The van der Waals surface area contributed by atoms with Gasteiger partial charge < -0.3 is 9.47 Å². The Labute approximate surface area is 215 Å². The van der Waals surface area contributed by atoms with Gasteiger partial charge in [0.25, 0.3) is 0 Å². The smallest absolute Gasteiger partial charge is 0.314 e. The van der Waals surface area contributed by atoms with E-state index in [4.69, 9.17) is 9.47 Å². The molecule has 0 spiro atoms. The summed E-state index contributed by atoms with van der Waals surface area (Å²) in [7, 11) is 0. The molecule has 2 fully saturated rings. The average Bonchev–Trinajstić information content (AvgIpc) is 2.89. The lowest BCUT2D eigenvalue weighted by Gasteiger charge is -2.27. The van der Waals surface area contributed by atoms with E-state index in [1.807, 2.05) is 0 Å². The molecule has 202 valence electrons. The van der Waals surface area contributed by atoms with E-state index in [0.29, 0.717) is 11.8 Å². The van der Waals surface area contributed by atoms with E-state index >= 15 is 0 Å². The number of hydrogen-bond acceptors (Lipinski definition) is 4. The first-order chi connectivity index (χ1) is 17.4. The molecule has 6 heteroatoms. The molecular formula is C30H44F2O4. The Morgan fingerprint density at radius 3 is 1.36 bits per heavy atom. The Balaban J connectivity index is 1.47. The van der Waals surface area contributed by atoms with Crippen LogP contribution in [0.5, 0.6) is 11.5 Å². The first-order valence-electron chi connectivity index (χ1n) is 14.3. The maximum Gasteiger partial charge on any atom is 0.314 e. The van der Waals surface area contributed by atoms with Crippen LogP contribution in [0, 0.1) is 35.3 Å². The second kappa shape index (κ2) is 14.7. The van der Waals surface area contributed by atoms with Crippen LogP contribution in [0.15, 0.2) is 12.1 Å². The molecule has 1 aromatic carbocycles. The largest absolute Gasteiger partial charge is 0.423 e. The van der Waals surface area contributed by atoms with Crippen molar-refractivity contribution in [1.29, 1.82) is 0 Å². The average molecular weight is 507 g/mol. The molecule has 0 radical (unpaired) electrons. The van der Waals surface area contributed by atoms with Gasteiger partial charge in [0.05, 0.1) is 11.8 Å². The normalized spacial score (nSPS) is 24.3. The van der Waals surface area contributed by atoms with Crippen molar-refractivity contribution in [3.63, 3.8) is 0 Å². The second-order valence-corrected chi connectivity index (χ2v) is 11.0. The number of carbonyl (C=O) groups excluding carboxylic acids is 2. The fourth-order valence-electron chi connectivity index (χ4n) is 5.79. The SMILES string of the molecule is CCCCC[C@H]1CC[C@H](C(=O)Oc2ccc(OC(=O)[C@H]3CC[C@H](CCCCC)CC3)c(F)c2F)CC1. The van der Waals surface area contributed by atoms with Crippen molar-refractivity contribution in [2.75, 3.05) is 0 Å². The molecule has 4 nitrogen and oxygen atoms in total. The van der Waals surface area contributed by atoms with Crippen LogP contribution in [0.4, 0.5) is 8.78 Å². The molecule has 0 aromatic heterocycles. The van der Waals surface area contributed by atoms with Gasteiger partial charge in [0, 0.05) is 0 Å². The van der Waals surface area contributed by atoms with Crippen LogP contribution in [0.25, 0.3) is 0 Å². The molecule has 0 unspecified atom stereocenters. The monoisotopic (exact) mass is 506 g/mol. The van der Waals surface area contributed by atoms with E-state index < -0.39 is 35.1 Å². The number of ether oxygens (including phenoxy) is 2. The molecule has 2 aliphatic carbocycles. The first-order valence-corrected chi connectivity index (χ1v) is 14.3. The van der Waals surface area contributed by atoms with Gasteiger partial charge in [-0.1, -0.05) is 65.2 Å². The van der Waals surface area contributed by atoms with E-state index in [9.17, 15) is 18.4 Å². The minimum absolute atomic E-state index is 0.288. The molecule has 0 aliphatic heterocycles. The van der Waals surface area contributed by atoms with E-state index in [-0.39, 0.29) is 11.8 Å². The summed E-state index contributed by atoms with van der Waals surface area (Å²) in [5.74, 6) is -3.80. The number of carbonyl (C=O) groups is 2. The zero-order chi connectivity index (χ0) is 25.9. The Kier molecular flexibility index (Phi) is 11.7. The van der Waals surface area contributed by atoms with E-state index in [1.54, 1.807) is 0 Å². The molecule has 0 amide bonds. The van der Waals surface area contributed by atoms with Gasteiger partial charge in [-0.25, -0.2) is 0 Å². The number of rotatable bonds is 12. The number of hydrogen-bond donors (Lipinski definition) is 0. The van der Waals surface area contributed by atoms with Gasteiger partial charge in [0.2, 0.25) is 11.6 Å². The predicted octanol–water partition coefficient (Wildman–Crippen LogP) is 8.55. The maximum absolute atomic E-state index is 14.7. The van der Waals surface area contributed by atoms with Crippen LogP contribution >= 0.6 is 0 Å². The summed E-state index contributed by atoms with van der Waals surface area (Å²) >= 11 is 0. The first kappa shape index (κ1) is 28.6. The third-order valence-corrected chi connectivity index (χ3v) is 8.22. The third-order valence-electron chi connectivity index (χ3n) is 8.22. The Morgan fingerprint density at radius 2 is 1.03 bits per heavy atom. The fraction of sp³-hybridized carbons (Fsp3) is 0.733. The van der Waals surface area contributed by atoms with Gasteiger partial charge in [0.1, 0.15) is 0 Å². The summed E-state index contributed by atoms with van der Waals surface area (Å²) in [6.45, 7) is 4.37. The van der Waals surface area contributed by atoms with Crippen LogP contribution in [-0.4, -0.2) is 11.9 Å². The highest BCUT2D eigenvalue weighted by atomic mass is 19.2. The predicted molar refractivity (Wildman–Crippen MR) is 137 cm³/mol. The van der Waals surface area contributed by atoms with Crippen LogP contribution < -0.4 is 9.47 Å². The minimum atomic E-state index is -1.29. The van der Waals surface area contributed by atoms with Gasteiger partial charge >= 0.3 is 11.9 Å². The number of halogens is 2. The zero-order valence-electron chi connectivity index (χ0n) is 22.2. The van der Waals surface area contributed by atoms with Crippen LogP contribution in [0.1, 0.15) is 117 Å². The Morgan fingerprint density at radius 1 is 0.667 bits per heavy atom. The maximum atomic E-state index is 14.7. The van der Waals surface area contributed by atoms with Crippen LogP contribution in [0.3, 0.4) is 0 Å². The van der Waals surface area contributed by atoms with E-state index in [2.05, 4.69) is 13.8 Å². The Hall–Kier alpha value is -1.98. The summed E-state index contributed by atoms with van der Waals surface area (Å²) in [5.41, 5.74) is 0. The molecule has 1 aromatic rings. The summed E-state index contributed by atoms with van der Waals surface area (Å²) < 4.78 is 39.8. The second-order valence-electron chi connectivity index (χ2n) is 11.0. The molecule has 36 heavy (non-hydrogen) atoms. The topological polar surface area (TPSA) is 52.6 Å². The van der Waals surface area contributed by atoms with Crippen molar-refractivity contribution in [3.8, 4) is 11.5 Å². The lowest BCUT2D eigenvalue weighted by Crippen LogP contribution is -2.27. The fourth-order valence-corrected chi connectivity index (χ4v) is 5.79. The van der Waals surface area contributed by atoms with Crippen molar-refractivity contribution >= 4 is 11.9 Å². The van der Waals surface area contributed by atoms with Crippen LogP contribution in [-0.2, 0) is 9.59 Å². The van der Waals surface area contributed by atoms with Gasteiger partial charge in [0.15, 0.2) is 11.5 Å². The van der Waals surface area contributed by atoms with Crippen molar-refractivity contribution in [2.45, 2.75) is 117 Å². The third kappa shape index (κ3) is 8.27. The molecule has 2 aliphatic rings. The molecule has 0 saturated heterocycles. The summed E-state index contributed by atoms with van der Waals surface area (Å²) in [6.07, 6.45) is 16.4. The van der Waals surface area contributed by atoms with Crippen LogP contribution in [0.2, 0.25) is 0 Å². The highest BCUT2D eigenvalue weighted by Crippen LogP contribution is 2.36. The molecule has 3 rings (SSSR count). The molecule has 0 N–H and O–H groups in total. The molecule has 0 atom stereocenters. The number of esters is 2. The van der Waals surface area contributed by atoms with E-state index in [1.165, 1.54) is 63.5 Å². The van der Waals surface area contributed by atoms with Crippen molar-refractivity contribution in [2.24, 2.45) is 23.7 Å². The standard InChI is InChI=1S/C30H44F2O4/c1-3-5-7-9-21-11-15-23(16-12-21)29(33)35-25-19-20-26(28(32)27(25)31)36-30(34)24-17-13-22(14-18-24)10-8-6-4-2/h19-24H,3-18H2,1-2H3/t21-,22-,23-,24-. The van der Waals surface area contributed by atoms with Gasteiger partial charge in [-0.3, -0.25) is 9.59 Å². The van der Waals surface area contributed by atoms with Crippen molar-refractivity contribution in [3.05, 3.63) is 23.8 Å². The molecule has 0 bridgehead atoms. The molecule has 0 heterocycles. The van der Waals surface area contributed by atoms with Gasteiger partial charge in [-0.05, 0) is 75.3 Å². The van der Waals surface area contributed by atoms with Gasteiger partial charge in [-0.2, -0.15) is 8.78 Å². The van der Waals surface area contributed by atoms with E-state index in [0.717, 1.165) is 51.4 Å². The minimum Gasteiger partial charge on any atom is -0.423 e. The molecule has 2 saturated carbocycles. The number of unbranched alkanes of at least 4 members (excludes halogenated alkanes) is 4. The van der Waals surface area contributed by atoms with Crippen molar-refractivity contribution in [1.82, 2.24) is 0 Å². The summed E-state index contributed by atoms with van der Waals surface area (Å²) in [4.78, 5) is 25.2.